The molecule has 0 bridgehead atoms. The second-order valence-electron chi connectivity index (χ2n) is 13.1. The third-order valence-corrected chi connectivity index (χ3v) is 10.5. The number of furan rings is 1. The minimum absolute atomic E-state index is 0.109. The largest absolute Gasteiger partial charge is 0.456 e. The van der Waals surface area contributed by atoms with Crippen LogP contribution < -0.4 is 9.47 Å². The van der Waals surface area contributed by atoms with Gasteiger partial charge in [0, 0.05) is 33.2 Å². The molecule has 0 saturated heterocycles. The van der Waals surface area contributed by atoms with E-state index >= 15 is 0 Å². The average molecular weight is 759 g/mol. The molecule has 246 valence electrons. The number of nitrogens with zero attached hydrogens (tertiary/aromatic N) is 2. The number of rotatable bonds is 5. The van der Waals surface area contributed by atoms with Crippen LogP contribution in [0.1, 0.15) is 58.2 Å². The molecule has 2 heterocycles. The first kappa shape index (κ1) is 32.8. The van der Waals surface area contributed by atoms with E-state index in [1.54, 1.807) is 7.05 Å². The normalized spacial score (nSPS) is 17.9. The molecule has 1 aliphatic heterocycles. The van der Waals surface area contributed by atoms with Crippen LogP contribution in [0.25, 0.3) is 33.1 Å². The molecule has 0 radical (unpaired) electrons. The van der Waals surface area contributed by atoms with Crippen LogP contribution in [0.3, 0.4) is 0 Å². The third kappa shape index (κ3) is 5.76. The Bertz CT molecular complexity index is 2350. The van der Waals surface area contributed by atoms with Crippen LogP contribution in [-0.4, -0.2) is 23.0 Å². The molecule has 1 aliphatic carbocycles. The van der Waals surface area contributed by atoms with Crippen molar-refractivity contribution in [1.29, 1.82) is 0 Å². The highest BCUT2D eigenvalue weighted by Crippen LogP contribution is 2.53. The Balaban J connectivity index is 1.17. The van der Waals surface area contributed by atoms with Crippen LogP contribution in [0.2, 0.25) is 0 Å². The van der Waals surface area contributed by atoms with Gasteiger partial charge in [0.2, 0.25) is 0 Å². The molecule has 0 unspecified atom stereocenters. The van der Waals surface area contributed by atoms with Gasteiger partial charge in [-0.1, -0.05) is 97.1 Å². The van der Waals surface area contributed by atoms with E-state index in [2.05, 4.69) is 129 Å². The van der Waals surface area contributed by atoms with Crippen molar-refractivity contribution in [3.63, 3.8) is 0 Å². The minimum Gasteiger partial charge on any atom is -0.456 e. The zero-order chi connectivity index (χ0) is 34.4. The highest BCUT2D eigenvalue weighted by atomic mass is 127. The van der Waals surface area contributed by atoms with Gasteiger partial charge < -0.3 is 13.9 Å². The standard InChI is InChI=1S/C43H39IN2O3/c1-8-36-41(49-39-22-32-29-13-9-11-15-33(29)43(5,6)34(32)23-40(39)47-36)27(4)25(2)17-18-26(3)35(24-44)46-42(45-7)28-19-20-31-30-14-10-12-16-37(30)48-38(31)21-28/h8-23H,24H2,1-7H3/b25-17+,26-18+,36-8+,41-27-,45-42-,46-35+. The highest BCUT2D eigenvalue weighted by Gasteiger charge is 2.37. The van der Waals surface area contributed by atoms with Crippen LogP contribution in [0, 0.1) is 0 Å². The minimum atomic E-state index is -0.109. The molecule has 5 nitrogen and oxygen atoms in total. The first-order valence-electron chi connectivity index (χ1n) is 16.5. The summed E-state index contributed by atoms with van der Waals surface area (Å²) < 4.78 is 20.0. The lowest BCUT2D eigenvalue weighted by molar-refractivity contribution is 0.290. The number of allylic oxidation sites excluding steroid dienone is 6. The Morgan fingerprint density at radius 2 is 1.49 bits per heavy atom. The summed E-state index contributed by atoms with van der Waals surface area (Å²) in [5.74, 6) is 3.59. The van der Waals surface area contributed by atoms with E-state index in [9.17, 15) is 0 Å². The molecule has 0 saturated carbocycles. The predicted molar refractivity (Wildman–Crippen MR) is 212 cm³/mol. The molecule has 0 N–H and O–H groups in total. The molecule has 1 aromatic heterocycles. The number of aliphatic imine (C=N–C) groups is 2. The fourth-order valence-corrected chi connectivity index (χ4v) is 7.53. The zero-order valence-corrected chi connectivity index (χ0v) is 31.1. The van der Waals surface area contributed by atoms with Crippen molar-refractivity contribution in [1.82, 2.24) is 0 Å². The van der Waals surface area contributed by atoms with Gasteiger partial charge in [-0.15, -0.1) is 0 Å². The molecule has 0 spiro atoms. The Morgan fingerprint density at radius 1 is 0.776 bits per heavy atom. The summed E-state index contributed by atoms with van der Waals surface area (Å²) in [7, 11) is 1.78. The maximum atomic E-state index is 6.64. The maximum absolute atomic E-state index is 6.64. The van der Waals surface area contributed by atoms with Crippen molar-refractivity contribution in [2.75, 3.05) is 11.5 Å². The maximum Gasteiger partial charge on any atom is 0.172 e. The highest BCUT2D eigenvalue weighted by molar-refractivity contribution is 14.1. The number of amidine groups is 1. The van der Waals surface area contributed by atoms with Gasteiger partial charge in [0.25, 0.3) is 0 Å². The lowest BCUT2D eigenvalue weighted by Gasteiger charge is -2.27. The van der Waals surface area contributed by atoms with E-state index in [-0.39, 0.29) is 5.41 Å². The van der Waals surface area contributed by atoms with Crippen LogP contribution in [0.4, 0.5) is 0 Å². The molecule has 0 fully saturated rings. The van der Waals surface area contributed by atoms with Crippen LogP contribution in [-0.2, 0) is 5.41 Å². The summed E-state index contributed by atoms with van der Waals surface area (Å²) in [4.78, 5) is 9.57. The van der Waals surface area contributed by atoms with Gasteiger partial charge in [-0.05, 0) is 103 Å². The zero-order valence-electron chi connectivity index (χ0n) is 28.9. The third-order valence-electron chi connectivity index (χ3n) is 9.75. The number of ether oxygens (including phenoxy) is 2. The van der Waals surface area contributed by atoms with E-state index in [1.165, 1.54) is 22.3 Å². The summed E-state index contributed by atoms with van der Waals surface area (Å²) in [6.07, 6.45) is 6.21. The molecule has 0 atom stereocenters. The number of hydrogen-bond acceptors (Lipinski definition) is 4. The Labute approximate surface area is 301 Å². The lowest BCUT2D eigenvalue weighted by atomic mass is 9.82. The van der Waals surface area contributed by atoms with E-state index < -0.39 is 0 Å². The number of alkyl halides is 1. The molecule has 7 rings (SSSR count). The molecule has 6 heteroatoms. The lowest BCUT2D eigenvalue weighted by Crippen LogP contribution is -2.17. The second kappa shape index (κ2) is 13.0. The van der Waals surface area contributed by atoms with Gasteiger partial charge in [0.05, 0.1) is 5.71 Å². The van der Waals surface area contributed by atoms with E-state index in [0.29, 0.717) is 11.6 Å². The van der Waals surface area contributed by atoms with Crippen LogP contribution >= 0.6 is 22.6 Å². The van der Waals surface area contributed by atoms with Crippen molar-refractivity contribution in [3.05, 3.63) is 142 Å². The van der Waals surface area contributed by atoms with E-state index in [0.717, 1.165) is 71.6 Å². The van der Waals surface area contributed by atoms with Gasteiger partial charge in [-0.25, -0.2) is 4.99 Å². The Morgan fingerprint density at radius 3 is 2.27 bits per heavy atom. The van der Waals surface area contributed by atoms with E-state index in [4.69, 9.17) is 18.9 Å². The fourth-order valence-electron chi connectivity index (χ4n) is 6.75. The summed E-state index contributed by atoms with van der Waals surface area (Å²) in [5, 5.41) is 2.19. The molecule has 2 aliphatic rings. The predicted octanol–water partition coefficient (Wildman–Crippen LogP) is 11.7. The van der Waals surface area contributed by atoms with Crippen molar-refractivity contribution >= 4 is 56.1 Å². The number of benzene rings is 4. The van der Waals surface area contributed by atoms with Gasteiger partial charge in [-0.2, -0.15) is 0 Å². The van der Waals surface area contributed by atoms with Crippen molar-refractivity contribution in [2.24, 2.45) is 9.98 Å². The van der Waals surface area contributed by atoms with Gasteiger partial charge in [0.1, 0.15) is 11.2 Å². The Hall–Kier alpha value is -4.69. The van der Waals surface area contributed by atoms with Crippen molar-refractivity contribution in [3.8, 4) is 22.6 Å². The van der Waals surface area contributed by atoms with Gasteiger partial charge in [0.15, 0.2) is 28.9 Å². The summed E-state index contributed by atoms with van der Waals surface area (Å²) in [6, 6.07) is 27.2. The number of para-hydroxylation sites is 1. The molecular formula is C43H39IN2O3. The number of halogens is 1. The molecule has 5 aromatic rings. The first-order valence-corrected chi connectivity index (χ1v) is 18.1. The fraction of sp³-hybridized carbons (Fsp3) is 0.209. The average Bonchev–Trinajstić information content (AvgIpc) is 3.60. The summed E-state index contributed by atoms with van der Waals surface area (Å²) in [6.45, 7) is 12.8. The van der Waals surface area contributed by atoms with Crippen molar-refractivity contribution in [2.45, 2.75) is 47.0 Å². The monoisotopic (exact) mass is 758 g/mol. The SMILES string of the molecule is C/C=C1/Oc2cc3c(cc2O/C1=C(C)\C(C)=C\C=C(C)\C(CI)=N\C(=N/C)c1ccc2c(c1)oc1ccccc12)-c1ccccc1C3(C)C. The van der Waals surface area contributed by atoms with Crippen LogP contribution in [0.5, 0.6) is 11.5 Å². The van der Waals surface area contributed by atoms with Crippen LogP contribution in [0.15, 0.2) is 140 Å². The molecule has 49 heavy (non-hydrogen) atoms. The van der Waals surface area contributed by atoms with E-state index in [1.807, 2.05) is 37.3 Å². The number of hydrogen-bond donors (Lipinski definition) is 0. The second-order valence-corrected chi connectivity index (χ2v) is 13.8. The first-order chi connectivity index (χ1) is 23.6. The summed E-state index contributed by atoms with van der Waals surface area (Å²) in [5.41, 5.74) is 11.6. The molecule has 4 aromatic carbocycles. The summed E-state index contributed by atoms with van der Waals surface area (Å²) >= 11 is 2.37. The quantitative estimate of drug-likeness (QED) is 0.0590. The van der Waals surface area contributed by atoms with Crippen molar-refractivity contribution < 1.29 is 13.9 Å². The molecular weight excluding hydrogens is 719 g/mol. The molecule has 0 amide bonds. The smallest absolute Gasteiger partial charge is 0.172 e. The van der Waals surface area contributed by atoms with Gasteiger partial charge in [-0.3, -0.25) is 4.99 Å². The Kier molecular flexibility index (Phi) is 8.69. The topological polar surface area (TPSA) is 56.3 Å². The number of fused-ring (bicyclic) bond motifs is 7. The van der Waals surface area contributed by atoms with Gasteiger partial charge >= 0.3 is 0 Å².